The smallest absolute Gasteiger partial charge is 0.406 e. The van der Waals surface area contributed by atoms with E-state index in [1.165, 1.54) is 17.7 Å². The number of piperazine rings is 1. The summed E-state index contributed by atoms with van der Waals surface area (Å²) in [5.41, 5.74) is 5.41. The molecule has 0 spiro atoms. The van der Waals surface area contributed by atoms with Crippen LogP contribution in [0.2, 0.25) is 0 Å². The number of nitrogens with zero attached hydrogens (tertiary/aromatic N) is 5. The summed E-state index contributed by atoms with van der Waals surface area (Å²) >= 11 is 0. The molecule has 10 heteroatoms. The highest BCUT2D eigenvalue weighted by Gasteiger charge is 2.52. The van der Waals surface area contributed by atoms with Gasteiger partial charge in [0.1, 0.15) is 17.6 Å². The summed E-state index contributed by atoms with van der Waals surface area (Å²) in [6, 6.07) is 15.9. The molecule has 3 aromatic rings. The minimum Gasteiger partial charge on any atom is -0.406 e. The van der Waals surface area contributed by atoms with Crippen LogP contribution in [0.15, 0.2) is 54.7 Å². The molecule has 0 radical (unpaired) electrons. The van der Waals surface area contributed by atoms with Crippen molar-refractivity contribution in [2.24, 2.45) is 5.92 Å². The molecule has 224 valence electrons. The Hall–Kier alpha value is -4.10. The quantitative estimate of drug-likeness (QED) is 0.320. The van der Waals surface area contributed by atoms with Crippen LogP contribution in [-0.4, -0.2) is 53.2 Å². The number of ether oxygens (including phenoxy) is 1. The molecule has 1 aliphatic carbocycles. The molecule has 1 saturated carbocycles. The highest BCUT2D eigenvalue weighted by molar-refractivity contribution is 6.00. The Kier molecular flexibility index (Phi) is 7.55. The number of carbonyl (C=O) groups excluding carboxylic acids is 1. The third-order valence-corrected chi connectivity index (χ3v) is 9.18. The number of halogens is 3. The van der Waals surface area contributed by atoms with Crippen molar-refractivity contribution in [3.8, 4) is 11.8 Å². The zero-order valence-electron chi connectivity index (χ0n) is 24.3. The average molecular weight is 590 g/mol. The molecule has 2 unspecified atom stereocenters. The Bertz CT molecular complexity index is 1560. The summed E-state index contributed by atoms with van der Waals surface area (Å²) in [7, 11) is 0. The first kappa shape index (κ1) is 29.0. The molecule has 2 atom stereocenters. The van der Waals surface area contributed by atoms with E-state index in [2.05, 4.69) is 51.6 Å². The molecule has 2 aliphatic heterocycles. The first-order valence-electron chi connectivity index (χ1n) is 14.7. The first-order valence-corrected chi connectivity index (χ1v) is 14.7. The average Bonchev–Trinajstić information content (AvgIpc) is 3.58. The fraction of sp³-hybridized carbons (Fsp3) is 0.424. The van der Waals surface area contributed by atoms with Crippen LogP contribution in [0.3, 0.4) is 0 Å². The lowest BCUT2D eigenvalue weighted by atomic mass is 9.86. The van der Waals surface area contributed by atoms with E-state index < -0.39 is 6.36 Å². The number of pyridine rings is 1. The van der Waals surface area contributed by atoms with Crippen LogP contribution in [0.4, 0.5) is 19.0 Å². The summed E-state index contributed by atoms with van der Waals surface area (Å²) in [4.78, 5) is 24.6. The lowest BCUT2D eigenvalue weighted by molar-refractivity contribution is -0.274. The third-order valence-electron chi connectivity index (χ3n) is 9.18. The van der Waals surface area contributed by atoms with Crippen molar-refractivity contribution < 1.29 is 22.7 Å². The predicted molar refractivity (Wildman–Crippen MR) is 155 cm³/mol. The number of nitriles is 1. The molecule has 3 heterocycles. The maximum atomic E-state index is 13.8. The monoisotopic (exact) mass is 589 g/mol. The van der Waals surface area contributed by atoms with Crippen LogP contribution in [-0.2, 0) is 25.0 Å². The molecule has 0 bridgehead atoms. The Balaban J connectivity index is 1.19. The zero-order valence-corrected chi connectivity index (χ0v) is 24.3. The van der Waals surface area contributed by atoms with E-state index in [0.29, 0.717) is 24.6 Å². The Labute approximate surface area is 249 Å². The molecule has 7 nitrogen and oxygen atoms in total. The van der Waals surface area contributed by atoms with Crippen molar-refractivity contribution in [3.05, 3.63) is 88.1 Å². The zero-order chi connectivity index (χ0) is 30.4. The molecular formula is C33H34F3N5O2. The summed E-state index contributed by atoms with van der Waals surface area (Å²) in [6.45, 7) is 9.21. The number of hydrogen-bond acceptors (Lipinski definition) is 6. The van der Waals surface area contributed by atoms with Gasteiger partial charge in [0.2, 0.25) is 0 Å². The van der Waals surface area contributed by atoms with E-state index in [0.717, 1.165) is 73.6 Å². The molecule has 1 amide bonds. The van der Waals surface area contributed by atoms with Gasteiger partial charge in [-0.25, -0.2) is 4.98 Å². The van der Waals surface area contributed by atoms with Crippen molar-refractivity contribution in [2.45, 2.75) is 58.1 Å². The summed E-state index contributed by atoms with van der Waals surface area (Å²) < 4.78 is 41.7. The van der Waals surface area contributed by atoms with Crippen LogP contribution in [0.1, 0.15) is 64.9 Å². The van der Waals surface area contributed by atoms with Crippen LogP contribution < -0.4 is 9.64 Å². The number of rotatable bonds is 8. The Morgan fingerprint density at radius 1 is 1.07 bits per heavy atom. The number of aromatic nitrogens is 1. The number of amides is 1. The predicted octanol–water partition coefficient (Wildman–Crippen LogP) is 6.02. The normalized spacial score (nSPS) is 22.0. The van der Waals surface area contributed by atoms with Gasteiger partial charge in [-0.3, -0.25) is 9.69 Å². The molecule has 3 aliphatic rings. The molecule has 6 rings (SSSR count). The Morgan fingerprint density at radius 3 is 2.47 bits per heavy atom. The summed E-state index contributed by atoms with van der Waals surface area (Å²) in [6.07, 6.45) is -0.916. The third kappa shape index (κ3) is 5.91. The van der Waals surface area contributed by atoms with Gasteiger partial charge in [0.05, 0.1) is 5.56 Å². The second kappa shape index (κ2) is 11.2. The summed E-state index contributed by atoms with van der Waals surface area (Å²) in [5.74, 6) is 0.967. The molecule has 2 fully saturated rings. The molecule has 1 saturated heterocycles. The van der Waals surface area contributed by atoms with Crippen molar-refractivity contribution in [2.75, 3.05) is 31.1 Å². The number of carbonyl (C=O) groups is 1. The largest absolute Gasteiger partial charge is 0.573 e. The first-order chi connectivity index (χ1) is 20.6. The van der Waals surface area contributed by atoms with E-state index in [4.69, 9.17) is 0 Å². The lowest BCUT2D eigenvalue weighted by Gasteiger charge is -2.35. The van der Waals surface area contributed by atoms with Crippen molar-refractivity contribution in [1.82, 2.24) is 14.8 Å². The van der Waals surface area contributed by atoms with Crippen molar-refractivity contribution >= 4 is 11.7 Å². The minimum atomic E-state index is -4.74. The van der Waals surface area contributed by atoms with E-state index in [-0.39, 0.29) is 17.1 Å². The second-order valence-corrected chi connectivity index (χ2v) is 12.0. The topological polar surface area (TPSA) is 72.7 Å². The van der Waals surface area contributed by atoms with Crippen molar-refractivity contribution in [3.63, 3.8) is 0 Å². The van der Waals surface area contributed by atoms with Gasteiger partial charge in [-0.15, -0.1) is 13.2 Å². The molecule has 43 heavy (non-hydrogen) atoms. The van der Waals surface area contributed by atoms with E-state index in [1.54, 1.807) is 35.4 Å². The molecule has 2 aromatic carbocycles. The van der Waals surface area contributed by atoms with Gasteiger partial charge in [0, 0.05) is 57.6 Å². The van der Waals surface area contributed by atoms with Gasteiger partial charge in [0.15, 0.2) is 0 Å². The Morgan fingerprint density at radius 2 is 1.81 bits per heavy atom. The van der Waals surface area contributed by atoms with E-state index >= 15 is 0 Å². The highest BCUT2D eigenvalue weighted by atomic mass is 19.4. The van der Waals surface area contributed by atoms with Gasteiger partial charge in [-0.1, -0.05) is 44.5 Å². The minimum absolute atomic E-state index is 0.0209. The number of alkyl halides is 3. The highest BCUT2D eigenvalue weighted by Crippen LogP contribution is 2.57. The van der Waals surface area contributed by atoms with Crippen molar-refractivity contribution in [1.29, 1.82) is 5.26 Å². The fourth-order valence-electron chi connectivity index (χ4n) is 6.76. The van der Waals surface area contributed by atoms with E-state index in [9.17, 15) is 23.2 Å². The van der Waals surface area contributed by atoms with Gasteiger partial charge >= 0.3 is 6.36 Å². The molecule has 0 N–H and O–H groups in total. The lowest BCUT2D eigenvalue weighted by Crippen LogP contribution is -2.46. The van der Waals surface area contributed by atoms with Crippen LogP contribution in [0, 0.1) is 17.2 Å². The fourth-order valence-corrected chi connectivity index (χ4v) is 6.76. The molecular weight excluding hydrogens is 555 g/mol. The van der Waals surface area contributed by atoms with Gasteiger partial charge in [-0.05, 0) is 64.3 Å². The second-order valence-electron chi connectivity index (χ2n) is 12.0. The van der Waals surface area contributed by atoms with Crippen LogP contribution in [0.5, 0.6) is 5.75 Å². The van der Waals surface area contributed by atoms with Gasteiger partial charge < -0.3 is 14.5 Å². The SMILES string of the molecule is CCC1CC1(C)c1cc(CN2CCN(c3ncccc3C#N)CC2)cc2c1C(=O)N(Cc1ccc(OC(F)(F)F)cc1)C2. The number of benzene rings is 2. The van der Waals surface area contributed by atoms with E-state index in [1.807, 2.05) is 0 Å². The van der Waals surface area contributed by atoms with Gasteiger partial charge in [0.25, 0.3) is 5.91 Å². The number of anilines is 1. The van der Waals surface area contributed by atoms with Crippen LogP contribution >= 0.6 is 0 Å². The van der Waals surface area contributed by atoms with Crippen LogP contribution in [0.25, 0.3) is 0 Å². The standard InChI is InChI=1S/C33H34F3N5O2/c1-3-26-17-32(26,2)28-16-23(19-39-11-13-40(14-12-39)30-24(18-37)5-4-10-38-30)15-25-21-41(31(42)29(25)28)20-22-6-8-27(9-7-22)43-33(34,35)36/h4-10,15-16,26H,3,11-14,17,19-21H2,1-2H3. The number of hydrogen-bond donors (Lipinski definition) is 0. The number of fused-ring (bicyclic) bond motifs is 1. The summed E-state index contributed by atoms with van der Waals surface area (Å²) in [5, 5.41) is 9.48. The maximum absolute atomic E-state index is 13.8. The maximum Gasteiger partial charge on any atom is 0.573 e. The molecule has 1 aromatic heterocycles. The van der Waals surface area contributed by atoms with Gasteiger partial charge in [-0.2, -0.15) is 5.26 Å².